The molecule has 3 aliphatic rings. The van der Waals surface area contributed by atoms with Crippen molar-refractivity contribution in [3.63, 3.8) is 0 Å². The second-order valence-corrected chi connectivity index (χ2v) is 9.21. The highest BCUT2D eigenvalue weighted by Crippen LogP contribution is 2.38. The Morgan fingerprint density at radius 1 is 1.00 bits per heavy atom. The van der Waals surface area contributed by atoms with Gasteiger partial charge in [-0.3, -0.25) is 19.3 Å². The Kier molecular flexibility index (Phi) is 6.82. The van der Waals surface area contributed by atoms with Gasteiger partial charge < -0.3 is 10.0 Å². The number of Topliss-reactive ketones (excluding diaryl/α,β-unsaturated/α-hetero) is 1. The predicted octanol–water partition coefficient (Wildman–Crippen LogP) is 2.65. The van der Waals surface area contributed by atoms with Gasteiger partial charge in [0.25, 0.3) is 0 Å². The van der Waals surface area contributed by atoms with Gasteiger partial charge in [-0.15, -0.1) is 0 Å². The fourth-order valence-electron chi connectivity index (χ4n) is 5.31. The van der Waals surface area contributed by atoms with E-state index in [0.29, 0.717) is 18.5 Å². The van der Waals surface area contributed by atoms with Crippen molar-refractivity contribution < 1.29 is 23.9 Å². The Bertz CT molecular complexity index is 795. The van der Waals surface area contributed by atoms with E-state index >= 15 is 0 Å². The van der Waals surface area contributed by atoms with Crippen molar-refractivity contribution in [3.05, 3.63) is 35.6 Å². The van der Waals surface area contributed by atoms with Crippen LogP contribution < -0.4 is 0 Å². The standard InChI is InChI=1S/C24H31FN2O4/c25-18-7-5-16(6-8-18)22(29)17-9-12-26(13-10-17)14-11-19(28)15-27-23(30)20-3-1-2-4-21(20)24(27)31/h5-8,17,19-21,28H,1-4,9-15H2. The van der Waals surface area contributed by atoms with Crippen LogP contribution in [-0.4, -0.2) is 64.8 Å². The molecule has 4 rings (SSSR count). The summed E-state index contributed by atoms with van der Waals surface area (Å²) < 4.78 is 13.1. The number of likely N-dealkylation sites (tertiary alicyclic amines) is 2. The molecule has 2 amide bonds. The summed E-state index contributed by atoms with van der Waals surface area (Å²) in [6, 6.07) is 5.71. The molecule has 3 fully saturated rings. The van der Waals surface area contributed by atoms with Crippen molar-refractivity contribution in [2.75, 3.05) is 26.2 Å². The van der Waals surface area contributed by atoms with E-state index in [9.17, 15) is 23.9 Å². The Balaban J connectivity index is 1.21. The number of imide groups is 1. The molecule has 0 bridgehead atoms. The summed E-state index contributed by atoms with van der Waals surface area (Å²) >= 11 is 0. The molecule has 1 N–H and O–H groups in total. The molecular weight excluding hydrogens is 399 g/mol. The first-order valence-corrected chi connectivity index (χ1v) is 11.5. The van der Waals surface area contributed by atoms with Gasteiger partial charge in [0.2, 0.25) is 11.8 Å². The third kappa shape index (κ3) is 4.88. The summed E-state index contributed by atoms with van der Waals surface area (Å²) in [4.78, 5) is 41.2. The molecule has 3 atom stereocenters. The lowest BCUT2D eigenvalue weighted by Crippen LogP contribution is -2.41. The highest BCUT2D eigenvalue weighted by atomic mass is 19.1. The number of piperidine rings is 1. The van der Waals surface area contributed by atoms with Gasteiger partial charge in [0.05, 0.1) is 24.5 Å². The molecule has 2 aliphatic heterocycles. The van der Waals surface area contributed by atoms with Gasteiger partial charge >= 0.3 is 0 Å². The zero-order chi connectivity index (χ0) is 22.0. The van der Waals surface area contributed by atoms with Crippen molar-refractivity contribution in [1.29, 1.82) is 0 Å². The van der Waals surface area contributed by atoms with Crippen molar-refractivity contribution in [2.45, 2.75) is 51.0 Å². The molecule has 1 aromatic carbocycles. The zero-order valence-corrected chi connectivity index (χ0v) is 17.8. The number of carbonyl (C=O) groups excluding carboxylic acids is 3. The Morgan fingerprint density at radius 3 is 2.16 bits per heavy atom. The molecule has 0 aromatic heterocycles. The molecule has 31 heavy (non-hydrogen) atoms. The van der Waals surface area contributed by atoms with E-state index in [2.05, 4.69) is 4.90 Å². The van der Waals surface area contributed by atoms with E-state index in [-0.39, 0.29) is 47.7 Å². The van der Waals surface area contributed by atoms with Crippen LogP contribution in [0.25, 0.3) is 0 Å². The number of benzene rings is 1. The maximum absolute atomic E-state index is 13.1. The maximum Gasteiger partial charge on any atom is 0.233 e. The molecule has 6 nitrogen and oxygen atoms in total. The second-order valence-electron chi connectivity index (χ2n) is 9.21. The van der Waals surface area contributed by atoms with Crippen LogP contribution in [0.1, 0.15) is 55.3 Å². The normalized spacial score (nSPS) is 26.2. The molecule has 2 heterocycles. The number of halogens is 1. The minimum atomic E-state index is -0.730. The number of ketones is 1. The minimum Gasteiger partial charge on any atom is -0.391 e. The van der Waals surface area contributed by atoms with Crippen LogP contribution in [0.5, 0.6) is 0 Å². The van der Waals surface area contributed by atoms with E-state index in [0.717, 1.165) is 51.6 Å². The fourth-order valence-corrected chi connectivity index (χ4v) is 5.31. The first-order valence-electron chi connectivity index (χ1n) is 11.5. The van der Waals surface area contributed by atoms with E-state index in [1.807, 2.05) is 0 Å². The number of nitrogens with zero attached hydrogens (tertiary/aromatic N) is 2. The van der Waals surface area contributed by atoms with Gasteiger partial charge in [0.1, 0.15) is 5.82 Å². The minimum absolute atomic E-state index is 0.0603. The van der Waals surface area contributed by atoms with Crippen LogP contribution in [0, 0.1) is 23.6 Å². The number of carbonyl (C=O) groups is 3. The Hall–Kier alpha value is -2.12. The van der Waals surface area contributed by atoms with Crippen LogP contribution in [0.3, 0.4) is 0 Å². The van der Waals surface area contributed by atoms with Gasteiger partial charge in [-0.2, -0.15) is 0 Å². The van der Waals surface area contributed by atoms with E-state index in [1.54, 1.807) is 0 Å². The number of fused-ring (bicyclic) bond motifs is 1. The number of aliphatic hydroxyl groups is 1. The van der Waals surface area contributed by atoms with E-state index in [4.69, 9.17) is 0 Å². The van der Waals surface area contributed by atoms with Crippen LogP contribution in [-0.2, 0) is 9.59 Å². The summed E-state index contributed by atoms with van der Waals surface area (Å²) in [6.45, 7) is 2.28. The largest absolute Gasteiger partial charge is 0.391 e. The number of hydrogen-bond acceptors (Lipinski definition) is 5. The van der Waals surface area contributed by atoms with Gasteiger partial charge in [-0.05, 0) is 69.5 Å². The number of β-amino-alcohol motifs (C(OH)–C–C–N with tert-alkyl or cyclic N) is 1. The lowest BCUT2D eigenvalue weighted by atomic mass is 9.81. The maximum atomic E-state index is 13.1. The quantitative estimate of drug-likeness (QED) is 0.532. The monoisotopic (exact) mass is 430 g/mol. The SMILES string of the molecule is O=C(c1ccc(F)cc1)C1CCN(CCC(O)CN2C(=O)C3CCCCC3C2=O)CC1. The highest BCUT2D eigenvalue weighted by Gasteiger charge is 2.48. The Morgan fingerprint density at radius 2 is 1.58 bits per heavy atom. The molecule has 168 valence electrons. The highest BCUT2D eigenvalue weighted by molar-refractivity contribution is 6.05. The summed E-state index contributed by atoms with van der Waals surface area (Å²) in [6.07, 6.45) is 4.79. The van der Waals surface area contributed by atoms with Gasteiger partial charge in [0, 0.05) is 18.0 Å². The number of aliphatic hydroxyl groups excluding tert-OH is 1. The van der Waals surface area contributed by atoms with Gasteiger partial charge in [-0.25, -0.2) is 4.39 Å². The van der Waals surface area contributed by atoms with Crippen LogP contribution in [0.2, 0.25) is 0 Å². The predicted molar refractivity (Wildman–Crippen MR) is 113 cm³/mol. The van der Waals surface area contributed by atoms with Crippen molar-refractivity contribution in [1.82, 2.24) is 9.80 Å². The lowest BCUT2D eigenvalue weighted by Gasteiger charge is -2.32. The molecule has 7 heteroatoms. The van der Waals surface area contributed by atoms with Crippen molar-refractivity contribution >= 4 is 17.6 Å². The summed E-state index contributed by atoms with van der Waals surface area (Å²) in [5.74, 6) is -0.900. The van der Waals surface area contributed by atoms with Crippen LogP contribution >= 0.6 is 0 Å². The van der Waals surface area contributed by atoms with E-state index in [1.165, 1.54) is 29.2 Å². The number of amides is 2. The molecule has 0 spiro atoms. The summed E-state index contributed by atoms with van der Waals surface area (Å²) in [7, 11) is 0. The topological polar surface area (TPSA) is 77.9 Å². The molecule has 1 saturated carbocycles. The number of rotatable bonds is 7. The Labute approximate surface area is 182 Å². The van der Waals surface area contributed by atoms with Crippen LogP contribution in [0.15, 0.2) is 24.3 Å². The smallest absolute Gasteiger partial charge is 0.233 e. The molecule has 0 radical (unpaired) electrons. The third-order valence-corrected chi connectivity index (χ3v) is 7.19. The third-order valence-electron chi connectivity index (χ3n) is 7.19. The molecular formula is C24H31FN2O4. The first kappa shape index (κ1) is 22.1. The lowest BCUT2D eigenvalue weighted by molar-refractivity contribution is -0.141. The molecule has 3 unspecified atom stereocenters. The average Bonchev–Trinajstić information content (AvgIpc) is 3.03. The second kappa shape index (κ2) is 9.57. The van der Waals surface area contributed by atoms with E-state index < -0.39 is 6.10 Å². The van der Waals surface area contributed by atoms with Gasteiger partial charge in [0.15, 0.2) is 5.78 Å². The molecule has 1 aromatic rings. The summed E-state index contributed by atoms with van der Waals surface area (Å²) in [5, 5.41) is 10.5. The molecule has 1 aliphatic carbocycles. The molecule has 2 saturated heterocycles. The van der Waals surface area contributed by atoms with Crippen molar-refractivity contribution in [2.24, 2.45) is 17.8 Å². The van der Waals surface area contributed by atoms with Gasteiger partial charge in [-0.1, -0.05) is 12.8 Å². The first-order chi connectivity index (χ1) is 14.9. The summed E-state index contributed by atoms with van der Waals surface area (Å²) in [5.41, 5.74) is 0.552. The average molecular weight is 431 g/mol. The fraction of sp³-hybridized carbons (Fsp3) is 0.625. The van der Waals surface area contributed by atoms with Crippen LogP contribution in [0.4, 0.5) is 4.39 Å². The zero-order valence-electron chi connectivity index (χ0n) is 17.8. The van der Waals surface area contributed by atoms with Crippen molar-refractivity contribution in [3.8, 4) is 0 Å². The number of hydrogen-bond donors (Lipinski definition) is 1.